The zero-order chi connectivity index (χ0) is 7.40. The Labute approximate surface area is 61.6 Å². The second-order valence-corrected chi connectivity index (χ2v) is 3.42. The Morgan fingerprint density at radius 3 is 2.60 bits per heavy atom. The minimum Gasteiger partial charge on any atom is -0.389 e. The Balaban J connectivity index is 2.23. The van der Waals surface area contributed by atoms with E-state index in [0.717, 1.165) is 0 Å². The predicted molar refractivity (Wildman–Crippen MR) is 39.6 cm³/mol. The highest BCUT2D eigenvalue weighted by Crippen LogP contribution is 2.43. The van der Waals surface area contributed by atoms with E-state index in [9.17, 15) is 0 Å². The summed E-state index contributed by atoms with van der Waals surface area (Å²) in [6, 6.07) is 0. The predicted octanol–water partition coefficient (Wildman–Crippen LogP) is 1.24. The molecule has 58 valence electrons. The van der Waals surface area contributed by atoms with Crippen molar-refractivity contribution >= 4 is 8.38 Å². The lowest BCUT2D eigenvalue weighted by Gasteiger charge is -2.00. The molecule has 0 amide bonds. The molecule has 0 bridgehead atoms. The van der Waals surface area contributed by atoms with Gasteiger partial charge in [-0.05, 0) is 12.7 Å². The van der Waals surface area contributed by atoms with Gasteiger partial charge >= 0.3 is 0 Å². The van der Waals surface area contributed by atoms with Crippen LogP contribution in [0.5, 0.6) is 0 Å². The third-order valence-electron chi connectivity index (χ3n) is 1.01. The molecule has 4 heteroatoms. The molecule has 1 fully saturated rings. The molecule has 1 aliphatic rings. The van der Waals surface area contributed by atoms with Gasteiger partial charge in [-0.3, -0.25) is 0 Å². The van der Waals surface area contributed by atoms with E-state index in [1.54, 1.807) is 18.8 Å². The molecular formula is C6H11O3P. The lowest BCUT2D eigenvalue weighted by molar-refractivity contribution is 0.244. The van der Waals surface area contributed by atoms with Crippen LogP contribution in [0.25, 0.3) is 0 Å². The molecule has 1 saturated heterocycles. The maximum absolute atomic E-state index is 8.83. The Morgan fingerprint density at radius 1 is 1.50 bits per heavy atom. The molecule has 10 heavy (non-hydrogen) atoms. The topological polar surface area (TPSA) is 38.7 Å². The third kappa shape index (κ3) is 2.76. The highest BCUT2D eigenvalue weighted by molar-refractivity contribution is 7.50. The van der Waals surface area contributed by atoms with Crippen LogP contribution in [0, 0.1) is 0 Å². The molecule has 0 spiro atoms. The molecule has 3 nitrogen and oxygen atoms in total. The second-order valence-electron chi connectivity index (χ2n) is 2.03. The van der Waals surface area contributed by atoms with Gasteiger partial charge in [0.05, 0.1) is 19.3 Å². The van der Waals surface area contributed by atoms with E-state index >= 15 is 0 Å². The molecule has 1 aliphatic heterocycles. The summed E-state index contributed by atoms with van der Waals surface area (Å²) in [6.45, 7) is 3.05. The standard InChI is InChI=1S/C6H11O3P/c1-6(7)2-5-10-8-3-4-9-10/h2,5-7H,3-4H2,1H3. The lowest BCUT2D eigenvalue weighted by Crippen LogP contribution is -1.90. The van der Waals surface area contributed by atoms with Crippen molar-refractivity contribution in [1.29, 1.82) is 0 Å². The summed E-state index contributed by atoms with van der Waals surface area (Å²) in [6.07, 6.45) is 1.27. The molecule has 0 aromatic heterocycles. The van der Waals surface area contributed by atoms with Crippen molar-refractivity contribution < 1.29 is 14.2 Å². The number of hydrogen-bond acceptors (Lipinski definition) is 3. The zero-order valence-corrected chi connectivity index (χ0v) is 6.75. The number of hydrogen-bond donors (Lipinski definition) is 1. The van der Waals surface area contributed by atoms with Gasteiger partial charge in [0, 0.05) is 0 Å². The first-order valence-corrected chi connectivity index (χ1v) is 4.45. The molecule has 1 unspecified atom stereocenters. The Morgan fingerprint density at radius 2 is 2.10 bits per heavy atom. The van der Waals surface area contributed by atoms with Crippen molar-refractivity contribution in [3.63, 3.8) is 0 Å². The summed E-state index contributed by atoms with van der Waals surface area (Å²) in [7, 11) is -0.818. The summed E-state index contributed by atoms with van der Waals surface area (Å²) < 4.78 is 10.3. The summed E-state index contributed by atoms with van der Waals surface area (Å²) in [5.74, 6) is 1.78. The van der Waals surface area contributed by atoms with Gasteiger partial charge in [0.1, 0.15) is 0 Å². The first-order valence-electron chi connectivity index (χ1n) is 3.20. The van der Waals surface area contributed by atoms with Crippen molar-refractivity contribution in [2.24, 2.45) is 0 Å². The van der Waals surface area contributed by atoms with Crippen LogP contribution in [0.1, 0.15) is 6.92 Å². The highest BCUT2D eigenvalue weighted by atomic mass is 31.2. The van der Waals surface area contributed by atoms with Crippen LogP contribution in [0.4, 0.5) is 0 Å². The molecule has 0 aromatic rings. The van der Waals surface area contributed by atoms with Crippen molar-refractivity contribution in [3.05, 3.63) is 11.9 Å². The first-order chi connectivity index (χ1) is 4.79. The van der Waals surface area contributed by atoms with Gasteiger partial charge in [-0.1, -0.05) is 6.08 Å². The average molecular weight is 162 g/mol. The minimum absolute atomic E-state index is 0.407. The largest absolute Gasteiger partial charge is 0.389 e. The first kappa shape index (κ1) is 8.15. The zero-order valence-electron chi connectivity index (χ0n) is 5.86. The van der Waals surface area contributed by atoms with Gasteiger partial charge in [0.2, 0.25) is 0 Å². The number of rotatable bonds is 2. The normalized spacial score (nSPS) is 24.2. The summed E-state index contributed by atoms with van der Waals surface area (Å²) in [4.78, 5) is 0. The molecule has 1 heterocycles. The van der Waals surface area contributed by atoms with E-state index in [0.29, 0.717) is 13.2 Å². The Kier molecular flexibility index (Phi) is 3.29. The van der Waals surface area contributed by atoms with Crippen molar-refractivity contribution in [3.8, 4) is 0 Å². The van der Waals surface area contributed by atoms with E-state index in [4.69, 9.17) is 14.2 Å². The molecule has 1 rings (SSSR count). The molecule has 0 aromatic carbocycles. The van der Waals surface area contributed by atoms with Gasteiger partial charge in [-0.25, -0.2) is 0 Å². The van der Waals surface area contributed by atoms with Gasteiger partial charge < -0.3 is 14.2 Å². The van der Waals surface area contributed by atoms with Crippen LogP contribution in [0.15, 0.2) is 11.9 Å². The van der Waals surface area contributed by atoms with E-state index in [2.05, 4.69) is 0 Å². The quantitative estimate of drug-likeness (QED) is 0.621. The summed E-state index contributed by atoms with van der Waals surface area (Å²) in [5, 5.41) is 8.83. The maximum atomic E-state index is 8.83. The second kappa shape index (κ2) is 4.04. The Hall–Kier alpha value is 0.0500. The summed E-state index contributed by atoms with van der Waals surface area (Å²) >= 11 is 0. The SMILES string of the molecule is CC(O)C=CP1OCCO1. The van der Waals surface area contributed by atoms with E-state index in [1.165, 1.54) is 0 Å². The fourth-order valence-corrected chi connectivity index (χ4v) is 1.72. The van der Waals surface area contributed by atoms with Crippen LogP contribution < -0.4 is 0 Å². The lowest BCUT2D eigenvalue weighted by atomic mass is 10.4. The molecule has 1 atom stereocenters. The molecule has 1 N–H and O–H groups in total. The van der Waals surface area contributed by atoms with Gasteiger partial charge in [-0.15, -0.1) is 0 Å². The smallest absolute Gasteiger partial charge is 0.197 e. The fourth-order valence-electron chi connectivity index (χ4n) is 0.573. The average Bonchev–Trinajstić information content (AvgIpc) is 2.34. The molecule has 0 saturated carbocycles. The van der Waals surface area contributed by atoms with E-state index < -0.39 is 14.5 Å². The molecular weight excluding hydrogens is 151 g/mol. The van der Waals surface area contributed by atoms with Crippen LogP contribution in [0.2, 0.25) is 0 Å². The monoisotopic (exact) mass is 162 g/mol. The van der Waals surface area contributed by atoms with Crippen LogP contribution in [-0.4, -0.2) is 24.4 Å². The van der Waals surface area contributed by atoms with Crippen LogP contribution >= 0.6 is 8.38 Å². The highest BCUT2D eigenvalue weighted by Gasteiger charge is 2.12. The summed E-state index contributed by atoms with van der Waals surface area (Å²) in [5.41, 5.74) is 0. The van der Waals surface area contributed by atoms with Crippen LogP contribution in [0.3, 0.4) is 0 Å². The van der Waals surface area contributed by atoms with Crippen molar-refractivity contribution in [1.82, 2.24) is 0 Å². The molecule has 0 radical (unpaired) electrons. The Bertz CT molecular complexity index is 118. The maximum Gasteiger partial charge on any atom is 0.197 e. The van der Waals surface area contributed by atoms with Gasteiger partial charge in [-0.2, -0.15) is 0 Å². The third-order valence-corrected chi connectivity index (χ3v) is 2.30. The van der Waals surface area contributed by atoms with Gasteiger partial charge in [0.25, 0.3) is 0 Å². The van der Waals surface area contributed by atoms with E-state index in [-0.39, 0.29) is 0 Å². The van der Waals surface area contributed by atoms with Crippen LogP contribution in [-0.2, 0) is 9.05 Å². The number of aliphatic hydroxyl groups excluding tert-OH is 1. The van der Waals surface area contributed by atoms with Crippen molar-refractivity contribution in [2.75, 3.05) is 13.2 Å². The minimum atomic E-state index is -0.818. The van der Waals surface area contributed by atoms with Gasteiger partial charge in [0.15, 0.2) is 8.38 Å². The fraction of sp³-hybridized carbons (Fsp3) is 0.667. The van der Waals surface area contributed by atoms with E-state index in [1.807, 2.05) is 0 Å². The van der Waals surface area contributed by atoms with Crippen molar-refractivity contribution in [2.45, 2.75) is 13.0 Å². The number of aliphatic hydroxyl groups is 1. The molecule has 0 aliphatic carbocycles.